The molecule has 1 N–H and O–H groups in total. The van der Waals surface area contributed by atoms with E-state index in [1.54, 1.807) is 61.1 Å². The molecule has 5 aromatic rings. The number of fused-ring (bicyclic) bond motifs is 1. The van der Waals surface area contributed by atoms with E-state index in [4.69, 9.17) is 5.26 Å². The number of imidazole rings is 1. The summed E-state index contributed by atoms with van der Waals surface area (Å²) in [5, 5.41) is 12.9. The molecule has 47 heavy (non-hydrogen) atoms. The molecule has 0 saturated carbocycles. The first-order valence-corrected chi connectivity index (χ1v) is 17.6. The SMILES string of the molecule is CC(C)=CCC/C(C)=C/CNC(=O)c1cc2cc(N(Cc3cncn3Cc3ccc(C#N)cc3)S(=O)(=O)c3ccccc3)ccc2s1. The van der Waals surface area contributed by atoms with E-state index < -0.39 is 10.0 Å². The maximum Gasteiger partial charge on any atom is 0.264 e. The lowest BCUT2D eigenvalue weighted by atomic mass is 10.1. The molecule has 8 nitrogen and oxygen atoms in total. The van der Waals surface area contributed by atoms with Crippen LogP contribution in [0.25, 0.3) is 10.1 Å². The third-order valence-electron chi connectivity index (χ3n) is 7.69. The van der Waals surface area contributed by atoms with Gasteiger partial charge < -0.3 is 9.88 Å². The van der Waals surface area contributed by atoms with Crippen LogP contribution in [0.5, 0.6) is 0 Å². The van der Waals surface area contributed by atoms with Crippen LogP contribution in [0.4, 0.5) is 5.69 Å². The minimum Gasteiger partial charge on any atom is -0.348 e. The first kappa shape index (κ1) is 33.4. The Balaban J connectivity index is 1.40. The fraction of sp³-hybridized carbons (Fsp3) is 0.216. The van der Waals surface area contributed by atoms with Crippen LogP contribution in [-0.4, -0.2) is 30.4 Å². The van der Waals surface area contributed by atoms with E-state index in [0.29, 0.717) is 34.9 Å². The standard InChI is InChI=1S/C37H37N5O3S2/c1-27(2)8-7-9-28(3)18-19-40-37(43)36-21-31-20-32(16-17-35(31)46-36)42(47(44,45)34-10-5-4-6-11-34)25-33-23-39-26-41(33)24-30-14-12-29(22-38)13-15-30/h4-6,8,10-18,20-21,23,26H,7,9,19,24-25H2,1-3H3,(H,40,43)/b28-18+. The quantitative estimate of drug-likeness (QED) is 0.129. The number of allylic oxidation sites excluding steroid dienone is 3. The lowest BCUT2D eigenvalue weighted by Crippen LogP contribution is -2.31. The molecule has 240 valence electrons. The van der Waals surface area contributed by atoms with Crippen LogP contribution < -0.4 is 9.62 Å². The maximum atomic E-state index is 14.1. The molecule has 0 atom stereocenters. The molecule has 5 rings (SSSR count). The number of amides is 1. The van der Waals surface area contributed by atoms with Crippen molar-refractivity contribution in [1.82, 2.24) is 14.9 Å². The molecular weight excluding hydrogens is 627 g/mol. The van der Waals surface area contributed by atoms with E-state index in [1.165, 1.54) is 26.8 Å². The number of thiophene rings is 1. The molecule has 0 aliphatic rings. The molecule has 10 heteroatoms. The smallest absolute Gasteiger partial charge is 0.264 e. The predicted octanol–water partition coefficient (Wildman–Crippen LogP) is 7.84. The van der Waals surface area contributed by atoms with Crippen molar-refractivity contribution in [3.63, 3.8) is 0 Å². The molecule has 0 unspecified atom stereocenters. The topological polar surface area (TPSA) is 108 Å². The molecule has 0 bridgehead atoms. The van der Waals surface area contributed by atoms with Crippen LogP contribution >= 0.6 is 11.3 Å². The van der Waals surface area contributed by atoms with Gasteiger partial charge in [-0.05, 0) is 93.1 Å². The van der Waals surface area contributed by atoms with E-state index in [-0.39, 0.29) is 17.3 Å². The number of carbonyl (C=O) groups is 1. The van der Waals surface area contributed by atoms with Gasteiger partial charge in [-0.3, -0.25) is 9.10 Å². The average molecular weight is 664 g/mol. The molecule has 0 radical (unpaired) electrons. The van der Waals surface area contributed by atoms with Crippen LogP contribution in [0.15, 0.2) is 120 Å². The molecule has 0 spiro atoms. The van der Waals surface area contributed by atoms with Gasteiger partial charge in [0.2, 0.25) is 0 Å². The monoisotopic (exact) mass is 663 g/mol. The van der Waals surface area contributed by atoms with Gasteiger partial charge in [-0.25, -0.2) is 13.4 Å². The fourth-order valence-electron chi connectivity index (χ4n) is 5.08. The van der Waals surface area contributed by atoms with Crippen molar-refractivity contribution in [2.75, 3.05) is 10.8 Å². The third kappa shape index (κ3) is 8.44. The summed E-state index contributed by atoms with van der Waals surface area (Å²) >= 11 is 1.37. The second kappa shape index (κ2) is 15.1. The van der Waals surface area contributed by atoms with Crippen molar-refractivity contribution < 1.29 is 13.2 Å². The molecule has 2 heterocycles. The second-order valence-corrected chi connectivity index (χ2v) is 14.5. The van der Waals surface area contributed by atoms with E-state index in [2.05, 4.69) is 43.2 Å². The van der Waals surface area contributed by atoms with Crippen molar-refractivity contribution in [3.8, 4) is 6.07 Å². The maximum absolute atomic E-state index is 14.1. The Morgan fingerprint density at radius 2 is 1.79 bits per heavy atom. The Kier molecular flexibility index (Phi) is 10.7. The number of aromatic nitrogens is 2. The van der Waals surface area contributed by atoms with Gasteiger partial charge in [-0.15, -0.1) is 11.3 Å². The number of carbonyl (C=O) groups excluding carboxylic acids is 1. The minimum absolute atomic E-state index is 0.0375. The number of hydrogen-bond donors (Lipinski definition) is 1. The molecule has 3 aromatic carbocycles. The molecule has 1 amide bonds. The molecule has 0 aliphatic heterocycles. The highest BCUT2D eigenvalue weighted by Gasteiger charge is 2.27. The van der Waals surface area contributed by atoms with Gasteiger partial charge in [-0.2, -0.15) is 5.26 Å². The number of nitrogens with zero attached hydrogens (tertiary/aromatic N) is 4. The first-order valence-electron chi connectivity index (χ1n) is 15.3. The number of nitrogens with one attached hydrogen (secondary N) is 1. The summed E-state index contributed by atoms with van der Waals surface area (Å²) in [4.78, 5) is 18.1. The lowest BCUT2D eigenvalue weighted by Gasteiger charge is -2.25. The zero-order valence-electron chi connectivity index (χ0n) is 26.7. The van der Waals surface area contributed by atoms with E-state index in [0.717, 1.165) is 28.5 Å². The van der Waals surface area contributed by atoms with Crippen molar-refractivity contribution in [1.29, 1.82) is 5.26 Å². The number of sulfonamides is 1. The summed E-state index contributed by atoms with van der Waals surface area (Å²) in [6.07, 6.45) is 9.52. The second-order valence-electron chi connectivity index (χ2n) is 11.6. The molecule has 0 saturated heterocycles. The molecule has 2 aromatic heterocycles. The van der Waals surface area contributed by atoms with Gasteiger partial charge >= 0.3 is 0 Å². The highest BCUT2D eigenvalue weighted by Crippen LogP contribution is 2.33. The largest absolute Gasteiger partial charge is 0.348 e. The highest BCUT2D eigenvalue weighted by atomic mass is 32.2. The van der Waals surface area contributed by atoms with Gasteiger partial charge in [0.25, 0.3) is 15.9 Å². The van der Waals surface area contributed by atoms with Crippen molar-refractivity contribution in [2.24, 2.45) is 0 Å². The summed E-state index contributed by atoms with van der Waals surface area (Å²) in [5.41, 5.74) is 5.23. The average Bonchev–Trinajstić information content (AvgIpc) is 3.70. The Morgan fingerprint density at radius 3 is 2.51 bits per heavy atom. The lowest BCUT2D eigenvalue weighted by molar-refractivity contribution is 0.0962. The molecule has 0 aliphatic carbocycles. The van der Waals surface area contributed by atoms with E-state index in [1.807, 2.05) is 41.0 Å². The van der Waals surface area contributed by atoms with Crippen LogP contribution in [0.2, 0.25) is 0 Å². The molecule has 0 fully saturated rings. The van der Waals surface area contributed by atoms with Crippen LogP contribution in [0.3, 0.4) is 0 Å². The summed E-state index contributed by atoms with van der Waals surface area (Å²) in [7, 11) is -3.97. The number of hydrogen-bond acceptors (Lipinski definition) is 6. The number of anilines is 1. The van der Waals surface area contributed by atoms with Gasteiger partial charge in [-0.1, -0.05) is 53.6 Å². The Morgan fingerprint density at radius 1 is 1.02 bits per heavy atom. The Bertz CT molecular complexity index is 2070. The predicted molar refractivity (Wildman–Crippen MR) is 189 cm³/mol. The normalized spacial score (nSPS) is 11.7. The van der Waals surface area contributed by atoms with Gasteiger partial charge in [0.15, 0.2) is 0 Å². The third-order valence-corrected chi connectivity index (χ3v) is 10.6. The van der Waals surface area contributed by atoms with E-state index in [9.17, 15) is 13.2 Å². The zero-order valence-corrected chi connectivity index (χ0v) is 28.3. The number of rotatable bonds is 13. The van der Waals surface area contributed by atoms with Crippen LogP contribution in [0.1, 0.15) is 60.1 Å². The van der Waals surface area contributed by atoms with Crippen molar-refractivity contribution in [2.45, 2.75) is 51.6 Å². The van der Waals surface area contributed by atoms with Gasteiger partial charge in [0, 0.05) is 24.0 Å². The number of nitriles is 1. The molecular formula is C37H37N5O3S2. The first-order chi connectivity index (χ1) is 22.6. The minimum atomic E-state index is -3.97. The van der Waals surface area contributed by atoms with Gasteiger partial charge in [0.1, 0.15) is 0 Å². The zero-order chi connectivity index (χ0) is 33.4. The summed E-state index contributed by atoms with van der Waals surface area (Å²) in [6.45, 7) is 7.19. The summed E-state index contributed by atoms with van der Waals surface area (Å²) in [6, 6.07) is 25.0. The Hall–Kier alpha value is -4.98. The van der Waals surface area contributed by atoms with Crippen molar-refractivity contribution >= 4 is 43.0 Å². The van der Waals surface area contributed by atoms with Crippen LogP contribution in [0, 0.1) is 11.3 Å². The van der Waals surface area contributed by atoms with Gasteiger partial charge in [0.05, 0.1) is 45.7 Å². The Labute approximate surface area is 280 Å². The highest BCUT2D eigenvalue weighted by molar-refractivity contribution is 7.92. The van der Waals surface area contributed by atoms with Crippen molar-refractivity contribution in [3.05, 3.63) is 136 Å². The number of benzene rings is 3. The van der Waals surface area contributed by atoms with Crippen LogP contribution in [-0.2, 0) is 23.1 Å². The fourth-order valence-corrected chi connectivity index (χ4v) is 7.49. The summed E-state index contributed by atoms with van der Waals surface area (Å²) in [5.74, 6) is -0.165. The summed E-state index contributed by atoms with van der Waals surface area (Å²) < 4.78 is 32.4. The van der Waals surface area contributed by atoms with E-state index >= 15 is 0 Å².